The SMILES string of the molecule is CSc1ccc(N2CC(c3nnc(NC(=O)C(C)C)o3)CC2=O)cc1. The van der Waals surface area contributed by atoms with E-state index in [1.807, 2.05) is 30.5 Å². The predicted octanol–water partition coefficient (Wildman–Crippen LogP) is 2.91. The monoisotopic (exact) mass is 360 g/mol. The maximum atomic E-state index is 12.3. The van der Waals surface area contributed by atoms with Crippen molar-refractivity contribution in [1.29, 1.82) is 0 Å². The largest absolute Gasteiger partial charge is 0.407 e. The van der Waals surface area contributed by atoms with Gasteiger partial charge in [-0.25, -0.2) is 0 Å². The molecule has 2 amide bonds. The Morgan fingerprint density at radius 3 is 2.68 bits per heavy atom. The lowest BCUT2D eigenvalue weighted by Gasteiger charge is -2.16. The predicted molar refractivity (Wildman–Crippen MR) is 95.7 cm³/mol. The van der Waals surface area contributed by atoms with Gasteiger partial charge in [0.25, 0.3) is 0 Å². The van der Waals surface area contributed by atoms with Crippen LogP contribution in [0.5, 0.6) is 0 Å². The first-order chi connectivity index (χ1) is 12.0. The molecule has 0 spiro atoms. The fraction of sp³-hybridized carbons (Fsp3) is 0.412. The minimum absolute atomic E-state index is 0.0212. The first-order valence-electron chi connectivity index (χ1n) is 8.06. The van der Waals surface area contributed by atoms with Gasteiger partial charge in [-0.3, -0.25) is 14.9 Å². The Hall–Kier alpha value is -2.35. The van der Waals surface area contributed by atoms with Crippen LogP contribution in [-0.4, -0.2) is 34.8 Å². The van der Waals surface area contributed by atoms with Crippen molar-refractivity contribution in [3.05, 3.63) is 30.2 Å². The summed E-state index contributed by atoms with van der Waals surface area (Å²) in [5.74, 6) is -0.148. The Morgan fingerprint density at radius 1 is 1.32 bits per heavy atom. The van der Waals surface area contributed by atoms with Gasteiger partial charge < -0.3 is 9.32 Å². The molecule has 1 aliphatic rings. The maximum Gasteiger partial charge on any atom is 0.322 e. The lowest BCUT2D eigenvalue weighted by molar-refractivity contribution is -0.119. The average Bonchev–Trinajstić information content (AvgIpc) is 3.21. The third-order valence-electron chi connectivity index (χ3n) is 4.05. The highest BCUT2D eigenvalue weighted by Gasteiger charge is 2.35. The molecular formula is C17H20N4O3S. The van der Waals surface area contributed by atoms with Gasteiger partial charge in [0.15, 0.2) is 0 Å². The van der Waals surface area contributed by atoms with Gasteiger partial charge >= 0.3 is 6.01 Å². The van der Waals surface area contributed by atoms with Gasteiger partial charge in [-0.1, -0.05) is 18.9 Å². The Balaban J connectivity index is 1.70. The van der Waals surface area contributed by atoms with Crippen molar-refractivity contribution in [1.82, 2.24) is 10.2 Å². The number of thioether (sulfide) groups is 1. The number of benzene rings is 1. The fourth-order valence-electron chi connectivity index (χ4n) is 2.58. The normalized spacial score (nSPS) is 17.4. The molecule has 0 aliphatic carbocycles. The van der Waals surface area contributed by atoms with E-state index in [-0.39, 0.29) is 29.7 Å². The average molecular weight is 360 g/mol. The van der Waals surface area contributed by atoms with E-state index in [4.69, 9.17) is 4.42 Å². The van der Waals surface area contributed by atoms with Crippen LogP contribution in [0.15, 0.2) is 33.6 Å². The summed E-state index contributed by atoms with van der Waals surface area (Å²) in [5.41, 5.74) is 0.859. The Bertz CT molecular complexity index is 772. The molecule has 25 heavy (non-hydrogen) atoms. The molecule has 0 bridgehead atoms. The molecule has 1 fully saturated rings. The first-order valence-corrected chi connectivity index (χ1v) is 9.29. The molecular weight excluding hydrogens is 340 g/mol. The zero-order valence-electron chi connectivity index (χ0n) is 14.4. The minimum Gasteiger partial charge on any atom is -0.407 e. The molecule has 1 aromatic heterocycles. The van der Waals surface area contributed by atoms with Gasteiger partial charge in [-0.15, -0.1) is 16.9 Å². The summed E-state index contributed by atoms with van der Waals surface area (Å²) in [6.45, 7) is 4.04. The van der Waals surface area contributed by atoms with Crippen LogP contribution in [0.3, 0.4) is 0 Å². The molecule has 0 saturated carbocycles. The number of carbonyl (C=O) groups excluding carboxylic acids is 2. The van der Waals surface area contributed by atoms with E-state index < -0.39 is 0 Å². The van der Waals surface area contributed by atoms with Crippen LogP contribution in [0.2, 0.25) is 0 Å². The van der Waals surface area contributed by atoms with E-state index in [0.29, 0.717) is 18.9 Å². The number of hydrogen-bond donors (Lipinski definition) is 1. The number of nitrogens with zero attached hydrogens (tertiary/aromatic N) is 3. The number of amides is 2. The standard InChI is InChI=1S/C17H20N4O3S/c1-10(2)15(23)18-17-20-19-16(24-17)11-8-14(22)21(9-11)12-4-6-13(25-3)7-5-12/h4-7,10-11H,8-9H2,1-3H3,(H,18,20,23). The molecule has 1 N–H and O–H groups in total. The van der Waals surface area contributed by atoms with Crippen LogP contribution in [0.1, 0.15) is 32.1 Å². The van der Waals surface area contributed by atoms with E-state index in [0.717, 1.165) is 10.6 Å². The summed E-state index contributed by atoms with van der Waals surface area (Å²) in [4.78, 5) is 26.9. The zero-order chi connectivity index (χ0) is 18.0. The summed E-state index contributed by atoms with van der Waals surface area (Å²) in [5, 5.41) is 10.4. The second-order valence-electron chi connectivity index (χ2n) is 6.19. The van der Waals surface area contributed by atoms with Crippen molar-refractivity contribution in [3.8, 4) is 0 Å². The van der Waals surface area contributed by atoms with E-state index in [1.54, 1.807) is 30.5 Å². The fourth-order valence-corrected chi connectivity index (χ4v) is 2.99. The molecule has 7 nitrogen and oxygen atoms in total. The summed E-state index contributed by atoms with van der Waals surface area (Å²) >= 11 is 1.66. The number of hydrogen-bond acceptors (Lipinski definition) is 6. The number of anilines is 2. The van der Waals surface area contributed by atoms with Crippen molar-refractivity contribution in [2.24, 2.45) is 5.92 Å². The molecule has 132 valence electrons. The molecule has 2 aromatic rings. The van der Waals surface area contributed by atoms with Crippen LogP contribution in [0.25, 0.3) is 0 Å². The number of rotatable bonds is 5. The van der Waals surface area contributed by atoms with Crippen LogP contribution in [0.4, 0.5) is 11.7 Å². The van der Waals surface area contributed by atoms with Gasteiger partial charge in [0.05, 0.1) is 5.92 Å². The van der Waals surface area contributed by atoms with Crippen LogP contribution >= 0.6 is 11.8 Å². The molecule has 3 rings (SSSR count). The third-order valence-corrected chi connectivity index (χ3v) is 4.80. The van der Waals surface area contributed by atoms with E-state index >= 15 is 0 Å². The van der Waals surface area contributed by atoms with Gasteiger partial charge in [0.2, 0.25) is 17.7 Å². The molecule has 2 heterocycles. The summed E-state index contributed by atoms with van der Waals surface area (Å²) in [6.07, 6.45) is 2.32. The molecule has 1 unspecified atom stereocenters. The number of carbonyl (C=O) groups is 2. The van der Waals surface area contributed by atoms with Gasteiger partial charge in [0.1, 0.15) is 0 Å². The van der Waals surface area contributed by atoms with E-state index in [1.165, 1.54) is 0 Å². The highest BCUT2D eigenvalue weighted by Crippen LogP contribution is 2.32. The Morgan fingerprint density at radius 2 is 2.04 bits per heavy atom. The van der Waals surface area contributed by atoms with Gasteiger partial charge in [0, 0.05) is 29.5 Å². The number of aromatic nitrogens is 2. The first kappa shape index (κ1) is 17.5. The maximum absolute atomic E-state index is 12.3. The second kappa shape index (κ2) is 7.26. The highest BCUT2D eigenvalue weighted by atomic mass is 32.2. The summed E-state index contributed by atoms with van der Waals surface area (Å²) in [6, 6.07) is 7.94. The number of nitrogens with one attached hydrogen (secondary N) is 1. The van der Waals surface area contributed by atoms with Crippen molar-refractivity contribution in [2.75, 3.05) is 23.0 Å². The Kier molecular flexibility index (Phi) is 5.08. The van der Waals surface area contributed by atoms with Crippen LogP contribution in [0, 0.1) is 5.92 Å². The molecule has 8 heteroatoms. The lowest BCUT2D eigenvalue weighted by atomic mass is 10.1. The van der Waals surface area contributed by atoms with Crippen molar-refractivity contribution < 1.29 is 14.0 Å². The minimum atomic E-state index is -0.187. The smallest absolute Gasteiger partial charge is 0.322 e. The van der Waals surface area contributed by atoms with E-state index in [9.17, 15) is 9.59 Å². The van der Waals surface area contributed by atoms with Crippen molar-refractivity contribution in [3.63, 3.8) is 0 Å². The quantitative estimate of drug-likeness (QED) is 0.825. The topological polar surface area (TPSA) is 88.3 Å². The zero-order valence-corrected chi connectivity index (χ0v) is 15.2. The van der Waals surface area contributed by atoms with E-state index in [2.05, 4.69) is 15.5 Å². The van der Waals surface area contributed by atoms with Crippen molar-refractivity contribution in [2.45, 2.75) is 31.1 Å². The Labute approximate surface area is 150 Å². The molecule has 1 atom stereocenters. The third kappa shape index (κ3) is 3.84. The second-order valence-corrected chi connectivity index (χ2v) is 7.07. The van der Waals surface area contributed by atoms with Crippen LogP contribution in [-0.2, 0) is 9.59 Å². The van der Waals surface area contributed by atoms with Crippen LogP contribution < -0.4 is 10.2 Å². The highest BCUT2D eigenvalue weighted by molar-refractivity contribution is 7.98. The summed E-state index contributed by atoms with van der Waals surface area (Å²) in [7, 11) is 0. The lowest BCUT2D eigenvalue weighted by Crippen LogP contribution is -2.24. The van der Waals surface area contributed by atoms with Gasteiger partial charge in [-0.05, 0) is 30.5 Å². The molecule has 1 aliphatic heterocycles. The molecule has 0 radical (unpaired) electrons. The summed E-state index contributed by atoms with van der Waals surface area (Å²) < 4.78 is 5.52. The molecule has 1 saturated heterocycles. The van der Waals surface area contributed by atoms with Gasteiger partial charge in [-0.2, -0.15) is 0 Å². The molecule has 1 aromatic carbocycles. The van der Waals surface area contributed by atoms with Crippen molar-refractivity contribution >= 4 is 35.3 Å².